The molecule has 3 N–H and O–H groups in total. The van der Waals surface area contributed by atoms with E-state index in [0.717, 1.165) is 65.6 Å². The first kappa shape index (κ1) is 37.9. The van der Waals surface area contributed by atoms with E-state index in [2.05, 4.69) is 42.7 Å². The summed E-state index contributed by atoms with van der Waals surface area (Å²) in [6, 6.07) is 24.7. The molecule has 7 rings (SSSR count). The molecule has 0 spiro atoms. The molecule has 0 bridgehead atoms. The molecule has 1 saturated heterocycles. The summed E-state index contributed by atoms with van der Waals surface area (Å²) < 4.78 is 13.4. The molecule has 1 aliphatic rings. The molecule has 14 heteroatoms. The van der Waals surface area contributed by atoms with Crippen LogP contribution in [0.3, 0.4) is 0 Å². The molecule has 3 aromatic carbocycles. The predicted molar refractivity (Wildman–Crippen MR) is 217 cm³/mol. The third kappa shape index (κ3) is 9.28. The largest absolute Gasteiger partial charge is 0.488 e. The van der Waals surface area contributed by atoms with Gasteiger partial charge < -0.3 is 29.9 Å². The Bertz CT molecular complexity index is 2290. The fraction of sp³-hybridized carbons (Fsp3) is 0.286. The monoisotopic (exact) mass is 754 g/mol. The number of fused-ring (bicyclic) bond motifs is 1. The molecule has 3 amide bonds. The molecule has 0 unspecified atom stereocenters. The van der Waals surface area contributed by atoms with Gasteiger partial charge in [-0.3, -0.25) is 10.1 Å². The predicted octanol–water partition coefficient (Wildman–Crippen LogP) is 7.05. The van der Waals surface area contributed by atoms with Gasteiger partial charge in [0.25, 0.3) is 5.91 Å². The maximum Gasteiger partial charge on any atom is 0.324 e. The molecule has 1 aliphatic heterocycles. The third-order valence-electron chi connectivity index (χ3n) is 9.52. The van der Waals surface area contributed by atoms with Gasteiger partial charge in [-0.25, -0.2) is 24.4 Å². The number of amides is 3. The molecule has 4 heterocycles. The zero-order valence-electron chi connectivity index (χ0n) is 31.9. The zero-order valence-corrected chi connectivity index (χ0v) is 31.9. The van der Waals surface area contributed by atoms with E-state index in [0.29, 0.717) is 54.3 Å². The topological polar surface area (TPSA) is 152 Å². The van der Waals surface area contributed by atoms with Crippen molar-refractivity contribution in [2.45, 2.75) is 39.4 Å². The Morgan fingerprint density at radius 2 is 1.62 bits per heavy atom. The van der Waals surface area contributed by atoms with Crippen LogP contribution in [0.25, 0.3) is 16.5 Å². The quantitative estimate of drug-likeness (QED) is 0.106. The standard InChI is InChI=1S/C42H46N10O4/c1-4-5-10-31-24-40(52(49-31)32-11-8-9-29(22-32)27-55-3)48-42(54)46-35-14-15-37(34-13-7-6-12-33(34)35)56-28-30-16-17-43-38(23-30)47-39-26-44-36(25-45-39)41(53)51-20-18-50(2)19-21-51/h6-9,11-17,22-26H,4-5,10,18-21,27-28H2,1-3H3,(H,43,45,47)(H2,46,48,54). The van der Waals surface area contributed by atoms with E-state index in [1.54, 1.807) is 22.9 Å². The van der Waals surface area contributed by atoms with Crippen LogP contribution < -0.4 is 20.7 Å². The number of unbranched alkanes of at least 4 members (excludes halogenated alkanes) is 1. The van der Waals surface area contributed by atoms with Gasteiger partial charge in [0, 0.05) is 56.3 Å². The number of aromatic nitrogens is 5. The lowest BCUT2D eigenvalue weighted by molar-refractivity contribution is 0.0657. The van der Waals surface area contributed by atoms with Crippen molar-refractivity contribution in [3.63, 3.8) is 0 Å². The molecular weight excluding hydrogens is 709 g/mol. The van der Waals surface area contributed by atoms with Crippen molar-refractivity contribution in [1.29, 1.82) is 0 Å². The van der Waals surface area contributed by atoms with Crippen molar-refractivity contribution >= 4 is 45.9 Å². The molecule has 0 aliphatic carbocycles. The van der Waals surface area contributed by atoms with Gasteiger partial charge in [-0.1, -0.05) is 49.7 Å². The average Bonchev–Trinajstić information content (AvgIpc) is 3.62. The maximum atomic E-state index is 13.5. The van der Waals surface area contributed by atoms with Crippen LogP contribution in [0.2, 0.25) is 0 Å². The van der Waals surface area contributed by atoms with Crippen molar-refractivity contribution in [2.75, 3.05) is 56.3 Å². The maximum absolute atomic E-state index is 13.5. The van der Waals surface area contributed by atoms with Crippen molar-refractivity contribution in [3.8, 4) is 11.4 Å². The number of benzene rings is 3. The van der Waals surface area contributed by atoms with Gasteiger partial charge in [-0.2, -0.15) is 5.10 Å². The van der Waals surface area contributed by atoms with Crippen LogP contribution in [0.1, 0.15) is 47.1 Å². The van der Waals surface area contributed by atoms with Crippen LogP contribution in [-0.4, -0.2) is 86.8 Å². The highest BCUT2D eigenvalue weighted by Crippen LogP contribution is 2.33. The molecule has 0 radical (unpaired) electrons. The van der Waals surface area contributed by atoms with Crippen molar-refractivity contribution in [1.82, 2.24) is 34.5 Å². The highest BCUT2D eigenvalue weighted by atomic mass is 16.5. The second-order valence-corrected chi connectivity index (χ2v) is 13.7. The number of pyridine rings is 1. The molecular formula is C42H46N10O4. The van der Waals surface area contributed by atoms with Crippen LogP contribution >= 0.6 is 0 Å². The number of piperazine rings is 1. The summed E-state index contributed by atoms with van der Waals surface area (Å²) >= 11 is 0. The lowest BCUT2D eigenvalue weighted by Crippen LogP contribution is -2.47. The van der Waals surface area contributed by atoms with Crippen LogP contribution in [0.4, 0.5) is 27.9 Å². The fourth-order valence-electron chi connectivity index (χ4n) is 6.52. The highest BCUT2D eigenvalue weighted by molar-refractivity contribution is 6.07. The van der Waals surface area contributed by atoms with Gasteiger partial charge >= 0.3 is 6.03 Å². The van der Waals surface area contributed by atoms with Gasteiger partial charge in [0.1, 0.15) is 35.5 Å². The second-order valence-electron chi connectivity index (χ2n) is 13.7. The third-order valence-corrected chi connectivity index (χ3v) is 9.52. The molecule has 6 aromatic rings. The van der Waals surface area contributed by atoms with Gasteiger partial charge in [0.15, 0.2) is 0 Å². The molecule has 56 heavy (non-hydrogen) atoms. The number of aryl methyl sites for hydroxylation is 1. The lowest BCUT2D eigenvalue weighted by Gasteiger charge is -2.32. The molecule has 3 aromatic heterocycles. The van der Waals surface area contributed by atoms with Crippen LogP contribution in [0, 0.1) is 0 Å². The molecule has 14 nitrogen and oxygen atoms in total. The van der Waals surface area contributed by atoms with E-state index < -0.39 is 6.03 Å². The number of hydrogen-bond acceptors (Lipinski definition) is 10. The summed E-state index contributed by atoms with van der Waals surface area (Å²) in [6.07, 6.45) is 7.57. The number of rotatable bonds is 14. The summed E-state index contributed by atoms with van der Waals surface area (Å²) in [5.74, 6) is 2.16. The van der Waals surface area contributed by atoms with E-state index in [1.807, 2.05) is 85.9 Å². The van der Waals surface area contributed by atoms with E-state index >= 15 is 0 Å². The first-order valence-corrected chi connectivity index (χ1v) is 18.8. The summed E-state index contributed by atoms with van der Waals surface area (Å²) in [6.45, 7) is 5.90. The van der Waals surface area contributed by atoms with E-state index in [1.165, 1.54) is 12.4 Å². The first-order valence-electron chi connectivity index (χ1n) is 18.8. The SMILES string of the molecule is CCCCc1cc(NC(=O)Nc2ccc(OCc3ccnc(Nc4cnc(C(=O)N5CCN(C)CC5)cn4)c3)c3ccccc23)n(-c2cccc(COC)c2)n1. The Morgan fingerprint density at radius 3 is 2.41 bits per heavy atom. The lowest BCUT2D eigenvalue weighted by atomic mass is 10.1. The summed E-state index contributed by atoms with van der Waals surface area (Å²) in [4.78, 5) is 43.6. The average molecular weight is 755 g/mol. The van der Waals surface area contributed by atoms with Crippen LogP contribution in [0.5, 0.6) is 5.75 Å². The normalized spacial score (nSPS) is 13.1. The Kier molecular flexibility index (Phi) is 12.1. The van der Waals surface area contributed by atoms with Gasteiger partial charge in [0.2, 0.25) is 0 Å². The zero-order chi connectivity index (χ0) is 38.9. The van der Waals surface area contributed by atoms with Gasteiger partial charge in [0.05, 0.1) is 36.1 Å². The van der Waals surface area contributed by atoms with Crippen LogP contribution in [0.15, 0.2) is 97.5 Å². The summed E-state index contributed by atoms with van der Waals surface area (Å²) in [7, 11) is 3.71. The summed E-state index contributed by atoms with van der Waals surface area (Å²) in [5.41, 5.74) is 4.57. The van der Waals surface area contributed by atoms with Crippen LogP contribution in [-0.2, 0) is 24.4 Å². The number of carbonyl (C=O) groups excluding carboxylic acids is 2. The number of hydrogen-bond donors (Lipinski definition) is 3. The Morgan fingerprint density at radius 1 is 0.804 bits per heavy atom. The minimum atomic E-state index is -0.391. The minimum Gasteiger partial charge on any atom is -0.488 e. The van der Waals surface area contributed by atoms with Crippen molar-refractivity contribution in [3.05, 3.63) is 120 Å². The second kappa shape index (κ2) is 17.8. The smallest absolute Gasteiger partial charge is 0.324 e. The molecule has 1 fully saturated rings. The van der Waals surface area contributed by atoms with E-state index in [-0.39, 0.29) is 12.5 Å². The summed E-state index contributed by atoms with van der Waals surface area (Å²) in [5, 5.41) is 15.7. The number of nitrogens with one attached hydrogen (secondary N) is 3. The van der Waals surface area contributed by atoms with Gasteiger partial charge in [-0.15, -0.1) is 0 Å². The van der Waals surface area contributed by atoms with E-state index in [4.69, 9.17) is 14.6 Å². The number of carbonyl (C=O) groups is 2. The number of anilines is 4. The fourth-order valence-corrected chi connectivity index (χ4v) is 6.52. The minimum absolute atomic E-state index is 0.116. The Balaban J connectivity index is 1.01. The van der Waals surface area contributed by atoms with Crippen molar-refractivity contribution < 1.29 is 19.1 Å². The molecule has 0 saturated carbocycles. The van der Waals surface area contributed by atoms with E-state index in [9.17, 15) is 9.59 Å². The van der Waals surface area contributed by atoms with Crippen molar-refractivity contribution in [2.24, 2.45) is 0 Å². The number of nitrogens with zero attached hydrogens (tertiary/aromatic N) is 7. The number of urea groups is 1. The number of likely N-dealkylation sites (N-methyl/N-ethyl adjacent to an activating group) is 1. The number of ether oxygens (including phenoxy) is 2. The van der Waals surface area contributed by atoms with Gasteiger partial charge in [-0.05, 0) is 67.4 Å². The molecule has 0 atom stereocenters. The Labute approximate surface area is 325 Å². The Hall–Kier alpha value is -6.38. The highest BCUT2D eigenvalue weighted by Gasteiger charge is 2.22. The number of methoxy groups -OCH3 is 1. The first-order chi connectivity index (χ1) is 27.4. The molecule has 288 valence electrons.